The number of hydrogen-bond acceptors (Lipinski definition) is 2. The van der Waals surface area contributed by atoms with Gasteiger partial charge in [0, 0.05) is 5.70 Å². The van der Waals surface area contributed by atoms with E-state index >= 15 is 0 Å². The number of allylic oxidation sites excluding steroid dienone is 4. The van der Waals surface area contributed by atoms with Gasteiger partial charge in [-0.3, -0.25) is 0 Å². The lowest BCUT2D eigenvalue weighted by atomic mass is 10.0. The molecule has 0 radical (unpaired) electrons. The molecule has 0 aliphatic rings. The fraction of sp³-hybridized carbons (Fsp3) is 0.714. The fourth-order valence-corrected chi connectivity index (χ4v) is 1.65. The highest BCUT2D eigenvalue weighted by atomic mass is 16.5. The maximum Gasteiger partial charge on any atom is 0.0925 e. The minimum absolute atomic E-state index is 0.636. The standard InChI is InChI=1S/C11H24.C8H13NO.C2H6/c1-4-6-7-8-9-10-11(3)5-2;1-4-8(9)6-5-7(2)10-3;1-2/h11H,4-10H2,1-3H3;4-6H,1,9H2,2-3H3;1-2H3/b;7-5+,8-6+;/t11-;;/m0../s1. The predicted molar refractivity (Wildman–Crippen MR) is 107 cm³/mol. The van der Waals surface area contributed by atoms with Gasteiger partial charge in [0.2, 0.25) is 0 Å². The minimum Gasteiger partial charge on any atom is -0.501 e. The molecule has 0 amide bonds. The number of nitrogens with two attached hydrogens (primary N) is 1. The third-order valence-electron chi connectivity index (χ3n) is 3.57. The highest BCUT2D eigenvalue weighted by molar-refractivity contribution is 5.19. The number of unbranched alkanes of at least 4 members (excludes halogenated alkanes) is 4. The Labute approximate surface area is 146 Å². The first-order valence-electron chi connectivity index (χ1n) is 9.32. The van der Waals surface area contributed by atoms with Crippen molar-refractivity contribution < 1.29 is 4.74 Å². The Kier molecular flexibility index (Phi) is 26.8. The molecular weight excluding hydrogens is 282 g/mol. The Balaban J connectivity index is -0.000000315. The molecule has 0 saturated heterocycles. The van der Waals surface area contributed by atoms with Crippen LogP contribution in [-0.2, 0) is 4.74 Å². The third-order valence-corrected chi connectivity index (χ3v) is 3.57. The molecule has 0 aromatic heterocycles. The van der Waals surface area contributed by atoms with Crippen molar-refractivity contribution in [1.29, 1.82) is 0 Å². The second-order valence-electron chi connectivity index (χ2n) is 5.57. The Bertz CT molecular complexity index is 292. The first-order valence-corrected chi connectivity index (χ1v) is 9.32. The molecule has 0 aromatic carbocycles. The van der Waals surface area contributed by atoms with Crippen LogP contribution in [0.15, 0.2) is 36.3 Å². The monoisotopic (exact) mass is 325 g/mol. The van der Waals surface area contributed by atoms with E-state index in [1.165, 1.54) is 44.9 Å². The van der Waals surface area contributed by atoms with Crippen LogP contribution in [-0.4, -0.2) is 7.11 Å². The second kappa shape index (κ2) is 23.1. The van der Waals surface area contributed by atoms with Crippen molar-refractivity contribution in [2.45, 2.75) is 86.5 Å². The van der Waals surface area contributed by atoms with Crippen LogP contribution in [0, 0.1) is 5.92 Å². The van der Waals surface area contributed by atoms with Gasteiger partial charge in [-0.15, -0.1) is 0 Å². The van der Waals surface area contributed by atoms with Gasteiger partial charge in [0.15, 0.2) is 0 Å². The lowest BCUT2D eigenvalue weighted by Gasteiger charge is -2.06. The van der Waals surface area contributed by atoms with Crippen LogP contribution < -0.4 is 5.73 Å². The average Bonchev–Trinajstić information content (AvgIpc) is 2.60. The van der Waals surface area contributed by atoms with E-state index < -0.39 is 0 Å². The van der Waals surface area contributed by atoms with Crippen molar-refractivity contribution in [3.63, 3.8) is 0 Å². The molecule has 0 heterocycles. The van der Waals surface area contributed by atoms with E-state index in [9.17, 15) is 0 Å². The van der Waals surface area contributed by atoms with Crippen molar-refractivity contribution in [1.82, 2.24) is 0 Å². The molecule has 0 rings (SSSR count). The van der Waals surface area contributed by atoms with Crippen LogP contribution in [0.2, 0.25) is 0 Å². The van der Waals surface area contributed by atoms with E-state index in [4.69, 9.17) is 10.5 Å². The van der Waals surface area contributed by atoms with E-state index in [0.717, 1.165) is 11.7 Å². The van der Waals surface area contributed by atoms with Gasteiger partial charge in [-0.05, 0) is 31.1 Å². The van der Waals surface area contributed by atoms with E-state index in [0.29, 0.717) is 5.70 Å². The predicted octanol–water partition coefficient (Wildman–Crippen LogP) is 6.98. The van der Waals surface area contributed by atoms with Crippen LogP contribution in [0.25, 0.3) is 0 Å². The van der Waals surface area contributed by atoms with Crippen molar-refractivity contribution >= 4 is 0 Å². The molecule has 0 aliphatic heterocycles. The molecule has 0 aromatic rings. The van der Waals surface area contributed by atoms with E-state index in [1.54, 1.807) is 25.3 Å². The van der Waals surface area contributed by atoms with E-state index in [-0.39, 0.29) is 0 Å². The molecule has 2 N–H and O–H groups in total. The van der Waals surface area contributed by atoms with E-state index in [1.807, 2.05) is 20.8 Å². The van der Waals surface area contributed by atoms with Gasteiger partial charge in [-0.1, -0.05) is 86.1 Å². The van der Waals surface area contributed by atoms with Gasteiger partial charge in [0.1, 0.15) is 0 Å². The first kappa shape index (κ1) is 26.7. The summed E-state index contributed by atoms with van der Waals surface area (Å²) >= 11 is 0. The molecule has 1 atom stereocenters. The van der Waals surface area contributed by atoms with Crippen molar-refractivity contribution in [2.24, 2.45) is 11.7 Å². The number of methoxy groups -OCH3 is 1. The minimum atomic E-state index is 0.636. The average molecular weight is 326 g/mol. The summed E-state index contributed by atoms with van der Waals surface area (Å²) in [7, 11) is 1.61. The van der Waals surface area contributed by atoms with Crippen molar-refractivity contribution in [3.8, 4) is 0 Å². The molecule has 2 heteroatoms. The third kappa shape index (κ3) is 26.1. The largest absolute Gasteiger partial charge is 0.501 e. The Morgan fingerprint density at radius 1 is 1.09 bits per heavy atom. The Hall–Kier alpha value is -1.18. The molecular formula is C21H43NO. The smallest absolute Gasteiger partial charge is 0.0925 e. The summed E-state index contributed by atoms with van der Waals surface area (Å²) in [6.45, 7) is 16.3. The zero-order chi connectivity index (χ0) is 18.5. The van der Waals surface area contributed by atoms with Crippen molar-refractivity contribution in [2.75, 3.05) is 7.11 Å². The summed E-state index contributed by atoms with van der Waals surface area (Å²) in [4.78, 5) is 0. The first-order chi connectivity index (χ1) is 11.0. The van der Waals surface area contributed by atoms with Gasteiger partial charge in [-0.2, -0.15) is 0 Å². The van der Waals surface area contributed by atoms with Crippen LogP contribution >= 0.6 is 0 Å². The fourth-order valence-electron chi connectivity index (χ4n) is 1.65. The number of ether oxygens (including phenoxy) is 1. The molecule has 23 heavy (non-hydrogen) atoms. The number of rotatable bonds is 10. The number of hydrogen-bond donors (Lipinski definition) is 1. The summed E-state index contributed by atoms with van der Waals surface area (Å²) in [6.07, 6.45) is 15.1. The quantitative estimate of drug-likeness (QED) is 0.267. The highest BCUT2D eigenvalue weighted by Crippen LogP contribution is 2.13. The summed E-state index contributed by atoms with van der Waals surface area (Å²) in [5, 5.41) is 0. The maximum absolute atomic E-state index is 5.42. The SMILES string of the molecule is C=C/C(N)=C\C=C(/C)OC.CC.CCCCCCC[C@@H](C)CC. The molecule has 138 valence electrons. The summed E-state index contributed by atoms with van der Waals surface area (Å²) in [6, 6.07) is 0. The van der Waals surface area contributed by atoms with E-state index in [2.05, 4.69) is 27.4 Å². The van der Waals surface area contributed by atoms with Crippen LogP contribution in [0.5, 0.6) is 0 Å². The molecule has 0 aliphatic carbocycles. The Morgan fingerprint density at radius 2 is 1.65 bits per heavy atom. The second-order valence-corrected chi connectivity index (χ2v) is 5.57. The lowest BCUT2D eigenvalue weighted by molar-refractivity contribution is 0.294. The molecule has 0 unspecified atom stereocenters. The topological polar surface area (TPSA) is 35.2 Å². The van der Waals surface area contributed by atoms with Crippen LogP contribution in [0.3, 0.4) is 0 Å². The van der Waals surface area contributed by atoms with Crippen molar-refractivity contribution in [3.05, 3.63) is 36.3 Å². The van der Waals surface area contributed by atoms with Gasteiger partial charge in [0.25, 0.3) is 0 Å². The highest BCUT2D eigenvalue weighted by Gasteiger charge is 1.97. The van der Waals surface area contributed by atoms with Gasteiger partial charge >= 0.3 is 0 Å². The molecule has 0 saturated carbocycles. The summed E-state index contributed by atoms with van der Waals surface area (Å²) in [5.74, 6) is 1.78. The molecule has 0 bridgehead atoms. The van der Waals surface area contributed by atoms with Crippen LogP contribution in [0.1, 0.15) is 86.5 Å². The molecule has 0 fully saturated rings. The normalized spacial score (nSPS) is 12.3. The van der Waals surface area contributed by atoms with Gasteiger partial charge < -0.3 is 10.5 Å². The molecule has 0 spiro atoms. The maximum atomic E-state index is 5.42. The Morgan fingerprint density at radius 3 is 2.09 bits per heavy atom. The zero-order valence-corrected chi connectivity index (χ0v) is 17.0. The lowest BCUT2D eigenvalue weighted by Crippen LogP contribution is -1.91. The summed E-state index contributed by atoms with van der Waals surface area (Å²) < 4.78 is 4.87. The summed E-state index contributed by atoms with van der Waals surface area (Å²) in [5.41, 5.74) is 6.05. The molecule has 2 nitrogen and oxygen atoms in total. The van der Waals surface area contributed by atoms with Gasteiger partial charge in [0.05, 0.1) is 12.9 Å². The zero-order valence-electron chi connectivity index (χ0n) is 17.0. The van der Waals surface area contributed by atoms with Gasteiger partial charge in [-0.25, -0.2) is 0 Å². The van der Waals surface area contributed by atoms with Crippen LogP contribution in [0.4, 0.5) is 0 Å².